The van der Waals surface area contributed by atoms with Crippen molar-refractivity contribution >= 4 is 17.8 Å². The maximum Gasteiger partial charge on any atom is 0.384 e. The van der Waals surface area contributed by atoms with Crippen LogP contribution in [0.15, 0.2) is 48.5 Å². The molecule has 0 saturated heterocycles. The molecule has 0 bridgehead atoms. The van der Waals surface area contributed by atoms with Crippen LogP contribution in [0.5, 0.6) is 0 Å². The average Bonchev–Trinajstić information content (AvgIpc) is 3.26. The molecule has 1 aliphatic heterocycles. The molecule has 5 rings (SSSR count). The number of carbonyl (C=O) groups excluding carboxylic acids is 3. The molecule has 150 valence electrons. The van der Waals surface area contributed by atoms with Gasteiger partial charge in [-0.2, -0.15) is 5.10 Å². The van der Waals surface area contributed by atoms with Crippen molar-refractivity contribution in [3.63, 3.8) is 0 Å². The first-order chi connectivity index (χ1) is 14.6. The van der Waals surface area contributed by atoms with Gasteiger partial charge in [0, 0.05) is 11.3 Å². The first kappa shape index (κ1) is 18.2. The van der Waals surface area contributed by atoms with Crippen LogP contribution in [0.3, 0.4) is 0 Å². The molecule has 0 saturated carbocycles. The molecular formula is C22H16FN3O4. The van der Waals surface area contributed by atoms with E-state index in [2.05, 4.69) is 5.10 Å². The quantitative estimate of drug-likeness (QED) is 0.625. The van der Waals surface area contributed by atoms with Gasteiger partial charge in [0.05, 0.1) is 11.1 Å². The average molecular weight is 405 g/mol. The normalized spacial score (nSPS) is 15.2. The van der Waals surface area contributed by atoms with E-state index in [1.165, 1.54) is 22.9 Å². The molecule has 0 atom stereocenters. The summed E-state index contributed by atoms with van der Waals surface area (Å²) in [6.07, 6.45) is 2.95. The summed E-state index contributed by atoms with van der Waals surface area (Å²) in [5.74, 6) is -2.79. The molecular weight excluding hydrogens is 389 g/mol. The second kappa shape index (κ2) is 6.91. The zero-order valence-corrected chi connectivity index (χ0v) is 15.8. The van der Waals surface area contributed by atoms with E-state index in [4.69, 9.17) is 4.84 Å². The zero-order valence-electron chi connectivity index (χ0n) is 15.8. The molecule has 8 heteroatoms. The van der Waals surface area contributed by atoms with Crippen molar-refractivity contribution in [1.82, 2.24) is 14.8 Å². The van der Waals surface area contributed by atoms with E-state index in [0.717, 1.165) is 18.5 Å². The number of aromatic nitrogens is 2. The number of imide groups is 1. The SMILES string of the molecule is O=C(ON1C(=O)c2ccccc2C1=O)c1nn(-c2ccccc2F)c2c1CCCC2. The highest BCUT2D eigenvalue weighted by Crippen LogP contribution is 2.29. The topological polar surface area (TPSA) is 81.5 Å². The minimum atomic E-state index is -0.919. The van der Waals surface area contributed by atoms with Crippen LogP contribution in [-0.4, -0.2) is 32.6 Å². The summed E-state index contributed by atoms with van der Waals surface area (Å²) in [6.45, 7) is 0. The smallest absolute Gasteiger partial charge is 0.322 e. The maximum atomic E-state index is 14.4. The van der Waals surface area contributed by atoms with Crippen molar-refractivity contribution < 1.29 is 23.6 Å². The molecule has 30 heavy (non-hydrogen) atoms. The summed E-state index contributed by atoms with van der Waals surface area (Å²) in [5.41, 5.74) is 1.97. The molecule has 0 spiro atoms. The van der Waals surface area contributed by atoms with E-state index in [1.54, 1.807) is 30.3 Å². The third-order valence-electron chi connectivity index (χ3n) is 5.39. The van der Waals surface area contributed by atoms with Gasteiger partial charge in [0.15, 0.2) is 5.69 Å². The fourth-order valence-electron chi connectivity index (χ4n) is 3.96. The summed E-state index contributed by atoms with van der Waals surface area (Å²) in [7, 11) is 0. The first-order valence-corrected chi connectivity index (χ1v) is 9.62. The molecule has 2 aromatic carbocycles. The lowest BCUT2D eigenvalue weighted by atomic mass is 9.95. The highest BCUT2D eigenvalue weighted by Gasteiger charge is 2.40. The van der Waals surface area contributed by atoms with Crippen molar-refractivity contribution in [2.75, 3.05) is 0 Å². The van der Waals surface area contributed by atoms with E-state index in [0.29, 0.717) is 23.5 Å². The predicted octanol–water partition coefficient (Wildman–Crippen LogP) is 3.26. The van der Waals surface area contributed by atoms with Crippen LogP contribution in [0.1, 0.15) is 55.3 Å². The molecule has 0 unspecified atom stereocenters. The van der Waals surface area contributed by atoms with Crippen LogP contribution in [-0.2, 0) is 17.7 Å². The van der Waals surface area contributed by atoms with Gasteiger partial charge in [-0.25, -0.2) is 13.9 Å². The fourth-order valence-corrected chi connectivity index (χ4v) is 3.96. The minimum Gasteiger partial charge on any atom is -0.322 e. The summed E-state index contributed by atoms with van der Waals surface area (Å²) in [5, 5.41) is 4.78. The minimum absolute atomic E-state index is 0.00971. The van der Waals surface area contributed by atoms with Crippen LogP contribution < -0.4 is 0 Å². The molecule has 3 aromatic rings. The Morgan fingerprint density at radius 2 is 1.57 bits per heavy atom. The van der Waals surface area contributed by atoms with Gasteiger partial charge in [0.2, 0.25) is 0 Å². The Balaban J connectivity index is 1.51. The van der Waals surface area contributed by atoms with Crippen LogP contribution in [0.2, 0.25) is 0 Å². The van der Waals surface area contributed by atoms with E-state index in [1.807, 2.05) is 0 Å². The molecule has 2 amide bonds. The Labute approximate surface area is 170 Å². The van der Waals surface area contributed by atoms with Crippen molar-refractivity contribution in [2.45, 2.75) is 25.7 Å². The Morgan fingerprint density at radius 3 is 2.27 bits per heavy atom. The number of hydrogen-bond donors (Lipinski definition) is 0. The highest BCUT2D eigenvalue weighted by atomic mass is 19.1. The number of benzene rings is 2. The molecule has 2 aliphatic rings. The maximum absolute atomic E-state index is 14.4. The lowest BCUT2D eigenvalue weighted by Gasteiger charge is -2.15. The van der Waals surface area contributed by atoms with Crippen molar-refractivity contribution in [1.29, 1.82) is 0 Å². The zero-order chi connectivity index (χ0) is 20.8. The summed E-state index contributed by atoms with van der Waals surface area (Å²) < 4.78 is 15.8. The second-order valence-corrected chi connectivity index (χ2v) is 7.17. The number of para-hydroxylation sites is 1. The van der Waals surface area contributed by atoms with E-state index in [9.17, 15) is 18.8 Å². The van der Waals surface area contributed by atoms with Gasteiger partial charge in [-0.3, -0.25) is 9.59 Å². The van der Waals surface area contributed by atoms with E-state index < -0.39 is 23.6 Å². The number of halogens is 1. The van der Waals surface area contributed by atoms with Gasteiger partial charge in [-0.05, 0) is 49.9 Å². The van der Waals surface area contributed by atoms with E-state index >= 15 is 0 Å². The van der Waals surface area contributed by atoms with Gasteiger partial charge in [-0.1, -0.05) is 29.3 Å². The van der Waals surface area contributed by atoms with Crippen LogP contribution in [0.4, 0.5) is 4.39 Å². The third-order valence-corrected chi connectivity index (χ3v) is 5.39. The van der Waals surface area contributed by atoms with Gasteiger partial charge in [0.25, 0.3) is 11.8 Å². The molecule has 0 N–H and O–H groups in total. The summed E-state index contributed by atoms with van der Waals surface area (Å²) in [4.78, 5) is 43.1. The Morgan fingerprint density at radius 1 is 0.933 bits per heavy atom. The van der Waals surface area contributed by atoms with Gasteiger partial charge in [0.1, 0.15) is 11.5 Å². The molecule has 2 heterocycles. The number of hydrogen-bond acceptors (Lipinski definition) is 5. The Bertz CT molecular complexity index is 1180. The number of nitrogens with zero attached hydrogens (tertiary/aromatic N) is 3. The number of carbonyl (C=O) groups is 3. The van der Waals surface area contributed by atoms with Gasteiger partial charge >= 0.3 is 5.97 Å². The summed E-state index contributed by atoms with van der Waals surface area (Å²) >= 11 is 0. The van der Waals surface area contributed by atoms with Gasteiger partial charge < -0.3 is 4.84 Å². The Kier molecular flexibility index (Phi) is 4.20. The summed E-state index contributed by atoms with van der Waals surface area (Å²) in [6, 6.07) is 12.4. The van der Waals surface area contributed by atoms with Crippen molar-refractivity contribution in [2.24, 2.45) is 0 Å². The number of rotatable bonds is 3. The molecule has 1 aliphatic carbocycles. The number of fused-ring (bicyclic) bond motifs is 2. The van der Waals surface area contributed by atoms with Crippen molar-refractivity contribution in [3.8, 4) is 5.69 Å². The largest absolute Gasteiger partial charge is 0.384 e. The lowest BCUT2D eigenvalue weighted by Crippen LogP contribution is -2.33. The fraction of sp³-hybridized carbons (Fsp3) is 0.182. The van der Waals surface area contributed by atoms with Crippen LogP contribution in [0.25, 0.3) is 5.69 Å². The number of hydroxylamine groups is 2. The van der Waals surface area contributed by atoms with Gasteiger partial charge in [-0.15, -0.1) is 0 Å². The highest BCUT2D eigenvalue weighted by molar-refractivity contribution is 6.21. The number of amides is 2. The Hall–Kier alpha value is -3.81. The van der Waals surface area contributed by atoms with Crippen LogP contribution >= 0.6 is 0 Å². The van der Waals surface area contributed by atoms with Crippen molar-refractivity contribution in [3.05, 3.63) is 82.4 Å². The second-order valence-electron chi connectivity index (χ2n) is 7.17. The molecule has 1 aromatic heterocycles. The molecule has 0 fully saturated rings. The third kappa shape index (κ3) is 2.72. The lowest BCUT2D eigenvalue weighted by molar-refractivity contribution is -0.0589. The standard InChI is InChI=1S/C22H16FN3O4/c23-16-10-4-6-12-18(16)25-17-11-5-3-9-15(17)19(24-25)22(29)30-26-20(27)13-7-1-2-8-14(13)21(26)28/h1-2,4,6-8,10,12H,3,5,9,11H2. The molecule has 7 nitrogen and oxygen atoms in total. The molecule has 0 radical (unpaired) electrons. The predicted molar refractivity (Wildman–Crippen MR) is 103 cm³/mol. The van der Waals surface area contributed by atoms with E-state index in [-0.39, 0.29) is 22.5 Å². The van der Waals surface area contributed by atoms with Crippen LogP contribution in [0, 0.1) is 5.82 Å². The first-order valence-electron chi connectivity index (χ1n) is 9.62. The monoisotopic (exact) mass is 405 g/mol.